The van der Waals surface area contributed by atoms with Crippen molar-refractivity contribution in [2.45, 2.75) is 25.9 Å². The number of carbonyl (C=O) groups is 2. The van der Waals surface area contributed by atoms with E-state index in [1.807, 2.05) is 0 Å². The second-order valence-electron chi connectivity index (χ2n) is 2.59. The fourth-order valence-corrected chi connectivity index (χ4v) is 0.727. The molecule has 0 aromatic rings. The summed E-state index contributed by atoms with van der Waals surface area (Å²) in [5, 5.41) is 18.2. The van der Waals surface area contributed by atoms with Crippen LogP contribution in [-0.2, 0) is 14.3 Å². The summed E-state index contributed by atoms with van der Waals surface area (Å²) < 4.78 is 4.33. The van der Waals surface area contributed by atoms with Gasteiger partial charge in [0.25, 0.3) is 0 Å². The number of aliphatic carboxylic acids is 1. The van der Waals surface area contributed by atoms with Crippen molar-refractivity contribution < 1.29 is 24.6 Å². The quantitative estimate of drug-likeness (QED) is 0.469. The molecule has 2 atom stereocenters. The lowest BCUT2D eigenvalue weighted by Gasteiger charge is -2.23. The Bertz CT molecular complexity index is 205. The van der Waals surface area contributed by atoms with Crippen molar-refractivity contribution in [3.05, 3.63) is 0 Å². The van der Waals surface area contributed by atoms with Crippen LogP contribution in [0.2, 0.25) is 0 Å². The maximum atomic E-state index is 10.9. The van der Waals surface area contributed by atoms with Gasteiger partial charge in [-0.05, 0) is 13.8 Å². The Morgan fingerprint density at radius 3 is 2.08 bits per heavy atom. The van der Waals surface area contributed by atoms with Gasteiger partial charge in [-0.1, -0.05) is 0 Å². The molecule has 0 saturated carbocycles. The zero-order valence-electron chi connectivity index (χ0n) is 7.72. The van der Waals surface area contributed by atoms with E-state index in [2.05, 4.69) is 4.74 Å². The van der Waals surface area contributed by atoms with Crippen LogP contribution in [0.1, 0.15) is 13.8 Å². The monoisotopic (exact) mass is 191 g/mol. The van der Waals surface area contributed by atoms with Crippen LogP contribution in [-0.4, -0.2) is 46.5 Å². The van der Waals surface area contributed by atoms with Crippen molar-refractivity contribution in [1.29, 1.82) is 0 Å². The Morgan fingerprint density at radius 2 is 1.77 bits per heavy atom. The predicted molar refractivity (Wildman–Crippen MR) is 42.2 cm³/mol. The number of esters is 1. The third-order valence-corrected chi connectivity index (χ3v) is 1.69. The summed E-state index contributed by atoms with van der Waals surface area (Å²) in [5.74, 6) is -1.89. The summed E-state index contributed by atoms with van der Waals surface area (Å²) in [5.41, 5.74) is 0. The Labute approximate surface area is 75.7 Å². The van der Waals surface area contributed by atoms with Gasteiger partial charge in [0.2, 0.25) is 0 Å². The average Bonchev–Trinajstić information content (AvgIpc) is 2.12. The predicted octanol–water partition coefficient (Wildman–Crippen LogP) is -0.288. The van der Waals surface area contributed by atoms with Gasteiger partial charge < -0.3 is 15.1 Å². The van der Waals surface area contributed by atoms with E-state index < -0.39 is 24.0 Å². The van der Waals surface area contributed by atoms with Crippen LogP contribution in [0.15, 0.2) is 0 Å². The van der Waals surface area contributed by atoms with Crippen LogP contribution < -0.4 is 0 Å². The number of hydrogen-bond donors (Lipinski definition) is 2. The third-order valence-electron chi connectivity index (χ3n) is 1.69. The number of hydrogen-bond acceptors (Lipinski definition) is 5. The van der Waals surface area contributed by atoms with Crippen molar-refractivity contribution in [3.63, 3.8) is 0 Å². The maximum Gasteiger partial charge on any atom is 0.325 e. The summed E-state index contributed by atoms with van der Waals surface area (Å²) >= 11 is 0. The van der Waals surface area contributed by atoms with Crippen molar-refractivity contribution in [2.24, 2.45) is 0 Å². The molecular formula is C7H13NO5. The molecule has 6 nitrogen and oxygen atoms in total. The van der Waals surface area contributed by atoms with Gasteiger partial charge in [0, 0.05) is 0 Å². The molecule has 0 aliphatic carbocycles. The second-order valence-corrected chi connectivity index (χ2v) is 2.59. The normalized spacial score (nSPS) is 15.2. The average molecular weight is 191 g/mol. The summed E-state index contributed by atoms with van der Waals surface area (Å²) in [6.07, 6.45) is 0. The van der Waals surface area contributed by atoms with Crippen molar-refractivity contribution >= 4 is 11.9 Å². The van der Waals surface area contributed by atoms with Crippen molar-refractivity contribution in [3.8, 4) is 0 Å². The molecule has 2 N–H and O–H groups in total. The number of ether oxygens (including phenoxy) is 1. The minimum atomic E-state index is -1.21. The lowest BCUT2D eigenvalue weighted by Crippen LogP contribution is -2.46. The molecule has 0 fully saturated rings. The second kappa shape index (κ2) is 4.78. The standard InChI is InChI=1S/C7H13NO5/c1-4(6(9)10)8(12)5(2)7(11)13-3/h4-5,12H,1-3H3,(H,9,10)/t4-,5+/m0/s1. The van der Waals surface area contributed by atoms with Gasteiger partial charge in [-0.2, -0.15) is 5.06 Å². The molecule has 0 amide bonds. The van der Waals surface area contributed by atoms with E-state index in [1.54, 1.807) is 0 Å². The van der Waals surface area contributed by atoms with Gasteiger partial charge in [-0.3, -0.25) is 9.59 Å². The summed E-state index contributed by atoms with van der Waals surface area (Å²) in [6.45, 7) is 2.62. The summed E-state index contributed by atoms with van der Waals surface area (Å²) in [4.78, 5) is 21.3. The minimum absolute atomic E-state index is 0.439. The Kier molecular flexibility index (Phi) is 4.36. The third kappa shape index (κ3) is 3.00. The highest BCUT2D eigenvalue weighted by Crippen LogP contribution is 2.03. The first-order valence-corrected chi connectivity index (χ1v) is 3.69. The number of carboxylic acid groups (broad SMARTS) is 1. The SMILES string of the molecule is COC(=O)[C@@H](C)N(O)[C@@H](C)C(=O)O. The number of methoxy groups -OCH3 is 1. The molecule has 0 aliphatic heterocycles. The Hall–Kier alpha value is -1.14. The number of nitrogens with zero attached hydrogens (tertiary/aromatic N) is 1. The number of rotatable bonds is 4. The van der Waals surface area contributed by atoms with E-state index >= 15 is 0 Å². The van der Waals surface area contributed by atoms with E-state index in [0.29, 0.717) is 5.06 Å². The first kappa shape index (κ1) is 11.9. The summed E-state index contributed by atoms with van der Waals surface area (Å²) in [7, 11) is 1.16. The van der Waals surface area contributed by atoms with E-state index in [-0.39, 0.29) is 0 Å². The van der Waals surface area contributed by atoms with Gasteiger partial charge in [0.1, 0.15) is 12.1 Å². The van der Waals surface area contributed by atoms with Gasteiger partial charge in [-0.25, -0.2) is 0 Å². The lowest BCUT2D eigenvalue weighted by atomic mass is 10.2. The molecule has 0 bridgehead atoms. The zero-order valence-corrected chi connectivity index (χ0v) is 7.72. The fourth-order valence-electron chi connectivity index (χ4n) is 0.727. The number of hydroxylamine groups is 2. The molecule has 6 heteroatoms. The molecule has 0 aliphatic rings. The largest absolute Gasteiger partial charge is 0.480 e. The van der Waals surface area contributed by atoms with Gasteiger partial charge in [0.15, 0.2) is 0 Å². The molecule has 0 unspecified atom stereocenters. The Morgan fingerprint density at radius 1 is 1.31 bits per heavy atom. The van der Waals surface area contributed by atoms with Gasteiger partial charge >= 0.3 is 11.9 Å². The van der Waals surface area contributed by atoms with Crippen LogP contribution in [0.4, 0.5) is 0 Å². The van der Waals surface area contributed by atoms with E-state index in [0.717, 1.165) is 7.11 Å². The smallest absolute Gasteiger partial charge is 0.325 e. The topological polar surface area (TPSA) is 87.1 Å². The van der Waals surface area contributed by atoms with Crippen molar-refractivity contribution in [2.75, 3.05) is 7.11 Å². The highest BCUT2D eigenvalue weighted by molar-refractivity contribution is 5.77. The molecule has 0 rings (SSSR count). The van der Waals surface area contributed by atoms with Crippen LogP contribution in [0.25, 0.3) is 0 Å². The van der Waals surface area contributed by atoms with Gasteiger partial charge in [0.05, 0.1) is 7.11 Å². The fraction of sp³-hybridized carbons (Fsp3) is 0.714. The van der Waals surface area contributed by atoms with Crippen LogP contribution in [0.3, 0.4) is 0 Å². The molecule has 0 aromatic heterocycles. The van der Waals surface area contributed by atoms with Gasteiger partial charge in [-0.15, -0.1) is 0 Å². The first-order chi connectivity index (χ1) is 5.91. The molecule has 13 heavy (non-hydrogen) atoms. The zero-order chi connectivity index (χ0) is 10.6. The molecule has 0 aromatic carbocycles. The number of carbonyl (C=O) groups excluding carboxylic acids is 1. The highest BCUT2D eigenvalue weighted by Gasteiger charge is 2.28. The molecule has 0 heterocycles. The van der Waals surface area contributed by atoms with E-state index in [4.69, 9.17) is 5.11 Å². The van der Waals surface area contributed by atoms with E-state index in [1.165, 1.54) is 13.8 Å². The van der Waals surface area contributed by atoms with E-state index in [9.17, 15) is 14.8 Å². The van der Waals surface area contributed by atoms with Crippen molar-refractivity contribution in [1.82, 2.24) is 5.06 Å². The molecule has 76 valence electrons. The van der Waals surface area contributed by atoms with Crippen LogP contribution in [0.5, 0.6) is 0 Å². The minimum Gasteiger partial charge on any atom is -0.480 e. The van der Waals surface area contributed by atoms with Crippen LogP contribution >= 0.6 is 0 Å². The lowest BCUT2D eigenvalue weighted by molar-refractivity contribution is -0.190. The Balaban J connectivity index is 4.32. The van der Waals surface area contributed by atoms with Crippen LogP contribution in [0, 0.1) is 0 Å². The molecule has 0 saturated heterocycles. The number of carboxylic acids is 1. The molecule has 0 spiro atoms. The summed E-state index contributed by atoms with van der Waals surface area (Å²) in [6, 6.07) is -2.13. The molecule has 0 radical (unpaired) electrons. The first-order valence-electron chi connectivity index (χ1n) is 3.69. The highest BCUT2D eigenvalue weighted by atomic mass is 16.5. The molecular weight excluding hydrogens is 178 g/mol. The maximum absolute atomic E-state index is 10.9.